The maximum absolute atomic E-state index is 12.3. The Labute approximate surface area is 187 Å². The number of fused-ring (bicyclic) bond motifs is 1. The zero-order valence-electron chi connectivity index (χ0n) is 17.5. The predicted molar refractivity (Wildman–Crippen MR) is 127 cm³/mol. The lowest BCUT2D eigenvalue weighted by atomic mass is 10.0. The fourth-order valence-electron chi connectivity index (χ4n) is 3.11. The van der Waals surface area contributed by atoms with Crippen LogP contribution in [0.2, 0.25) is 5.02 Å². The SMILES string of the molecule is CCN(CC)CC#Cc1ccc(C=NNC(=O)c2ccc(O)c(Cl)c2)c2ccccc12. The van der Waals surface area contributed by atoms with Crippen molar-refractivity contribution in [1.82, 2.24) is 10.3 Å². The quantitative estimate of drug-likeness (QED) is 0.337. The van der Waals surface area contributed by atoms with E-state index in [0.717, 1.165) is 41.5 Å². The van der Waals surface area contributed by atoms with Crippen molar-refractivity contribution in [2.24, 2.45) is 5.10 Å². The van der Waals surface area contributed by atoms with Gasteiger partial charge >= 0.3 is 0 Å². The number of nitrogens with zero attached hydrogens (tertiary/aromatic N) is 2. The molecule has 0 bridgehead atoms. The molecule has 158 valence electrons. The van der Waals surface area contributed by atoms with Crippen LogP contribution in [0.4, 0.5) is 0 Å². The number of hydrogen-bond donors (Lipinski definition) is 2. The third-order valence-electron chi connectivity index (χ3n) is 4.96. The van der Waals surface area contributed by atoms with Crippen molar-refractivity contribution in [2.75, 3.05) is 19.6 Å². The van der Waals surface area contributed by atoms with Crippen molar-refractivity contribution >= 4 is 34.5 Å². The van der Waals surface area contributed by atoms with E-state index in [4.69, 9.17) is 11.6 Å². The topological polar surface area (TPSA) is 64.9 Å². The summed E-state index contributed by atoms with van der Waals surface area (Å²) in [7, 11) is 0. The molecule has 3 aromatic rings. The number of rotatable bonds is 6. The molecule has 0 aliphatic carbocycles. The van der Waals surface area contributed by atoms with E-state index in [9.17, 15) is 9.90 Å². The molecule has 5 nitrogen and oxygen atoms in total. The van der Waals surface area contributed by atoms with E-state index in [2.05, 4.69) is 41.1 Å². The summed E-state index contributed by atoms with van der Waals surface area (Å²) in [5.74, 6) is 6.05. The first-order valence-corrected chi connectivity index (χ1v) is 10.5. The lowest BCUT2D eigenvalue weighted by molar-refractivity contribution is 0.0955. The van der Waals surface area contributed by atoms with Gasteiger partial charge in [0.1, 0.15) is 5.75 Å². The summed E-state index contributed by atoms with van der Waals surface area (Å²) < 4.78 is 0. The number of carbonyl (C=O) groups is 1. The summed E-state index contributed by atoms with van der Waals surface area (Å²) >= 11 is 5.86. The monoisotopic (exact) mass is 433 g/mol. The van der Waals surface area contributed by atoms with Crippen LogP contribution >= 0.6 is 11.6 Å². The van der Waals surface area contributed by atoms with Gasteiger partial charge in [0.05, 0.1) is 17.8 Å². The van der Waals surface area contributed by atoms with Crippen molar-refractivity contribution in [2.45, 2.75) is 13.8 Å². The maximum Gasteiger partial charge on any atom is 0.271 e. The second kappa shape index (κ2) is 10.6. The van der Waals surface area contributed by atoms with Crippen LogP contribution in [0.15, 0.2) is 59.7 Å². The van der Waals surface area contributed by atoms with Gasteiger partial charge in [-0.25, -0.2) is 5.43 Å². The van der Waals surface area contributed by atoms with Crippen LogP contribution in [0.1, 0.15) is 35.3 Å². The van der Waals surface area contributed by atoms with Crippen LogP contribution in [-0.2, 0) is 0 Å². The normalized spacial score (nSPS) is 11.0. The van der Waals surface area contributed by atoms with E-state index in [0.29, 0.717) is 5.56 Å². The third-order valence-corrected chi connectivity index (χ3v) is 5.26. The summed E-state index contributed by atoms with van der Waals surface area (Å²) in [5, 5.41) is 15.7. The van der Waals surface area contributed by atoms with Crippen molar-refractivity contribution in [3.8, 4) is 17.6 Å². The van der Waals surface area contributed by atoms with Crippen molar-refractivity contribution in [3.05, 3.63) is 76.3 Å². The zero-order valence-corrected chi connectivity index (χ0v) is 18.3. The average Bonchev–Trinajstić information content (AvgIpc) is 2.79. The van der Waals surface area contributed by atoms with E-state index < -0.39 is 5.91 Å². The number of aromatic hydroxyl groups is 1. The van der Waals surface area contributed by atoms with Gasteiger partial charge in [-0.3, -0.25) is 9.69 Å². The van der Waals surface area contributed by atoms with Gasteiger partial charge in [0.2, 0.25) is 0 Å². The Kier molecular flexibility index (Phi) is 7.66. The number of amides is 1. The molecule has 0 unspecified atom stereocenters. The minimum atomic E-state index is -0.415. The van der Waals surface area contributed by atoms with Crippen LogP contribution in [-0.4, -0.2) is 41.8 Å². The molecule has 0 saturated heterocycles. The van der Waals surface area contributed by atoms with E-state index in [1.54, 1.807) is 6.21 Å². The third kappa shape index (κ3) is 5.64. The molecule has 0 saturated carbocycles. The number of phenols is 1. The van der Waals surface area contributed by atoms with Gasteiger partial charge in [-0.1, -0.05) is 67.6 Å². The zero-order chi connectivity index (χ0) is 22.2. The second-order valence-electron chi connectivity index (χ2n) is 6.88. The Bertz CT molecular complexity index is 1170. The highest BCUT2D eigenvalue weighted by molar-refractivity contribution is 6.32. The fraction of sp³-hybridized carbons (Fsp3) is 0.200. The molecule has 6 heteroatoms. The van der Waals surface area contributed by atoms with Crippen molar-refractivity contribution in [1.29, 1.82) is 0 Å². The molecule has 0 radical (unpaired) electrons. The number of halogens is 1. The molecule has 3 rings (SSSR count). The minimum absolute atomic E-state index is 0.0755. The first kappa shape index (κ1) is 22.4. The highest BCUT2D eigenvalue weighted by atomic mass is 35.5. The Morgan fingerprint density at radius 3 is 2.58 bits per heavy atom. The van der Waals surface area contributed by atoms with Crippen LogP contribution in [0.25, 0.3) is 10.8 Å². The number of hydrazone groups is 1. The summed E-state index contributed by atoms with van der Waals surface area (Å²) in [6.45, 7) is 6.94. The van der Waals surface area contributed by atoms with Crippen LogP contribution < -0.4 is 5.43 Å². The molecular weight excluding hydrogens is 410 g/mol. The summed E-state index contributed by atoms with van der Waals surface area (Å²) in [6, 6.07) is 16.1. The maximum atomic E-state index is 12.3. The Balaban J connectivity index is 1.79. The molecule has 0 aliphatic rings. The molecule has 0 aliphatic heterocycles. The van der Waals surface area contributed by atoms with E-state index >= 15 is 0 Å². The highest BCUT2D eigenvalue weighted by Gasteiger charge is 2.08. The summed E-state index contributed by atoms with van der Waals surface area (Å²) in [6.07, 6.45) is 1.61. The lowest BCUT2D eigenvalue weighted by Crippen LogP contribution is -2.22. The smallest absolute Gasteiger partial charge is 0.271 e. The van der Waals surface area contributed by atoms with Crippen molar-refractivity contribution in [3.63, 3.8) is 0 Å². The second-order valence-corrected chi connectivity index (χ2v) is 7.28. The largest absolute Gasteiger partial charge is 0.506 e. The molecule has 3 aromatic carbocycles. The van der Waals surface area contributed by atoms with E-state index in [-0.39, 0.29) is 10.8 Å². The van der Waals surface area contributed by atoms with Gasteiger partial charge in [-0.15, -0.1) is 0 Å². The van der Waals surface area contributed by atoms with Gasteiger partial charge in [0.25, 0.3) is 5.91 Å². The molecule has 0 aromatic heterocycles. The van der Waals surface area contributed by atoms with Gasteiger partial charge in [-0.05, 0) is 48.1 Å². The summed E-state index contributed by atoms with van der Waals surface area (Å²) in [5.41, 5.74) is 4.63. The molecular formula is C25H24ClN3O2. The van der Waals surface area contributed by atoms with E-state index in [1.165, 1.54) is 18.2 Å². The van der Waals surface area contributed by atoms with Crippen LogP contribution in [0.5, 0.6) is 5.75 Å². The number of phenolic OH excluding ortho intramolecular Hbond substituents is 1. The van der Waals surface area contributed by atoms with Crippen LogP contribution in [0, 0.1) is 11.8 Å². The lowest BCUT2D eigenvalue weighted by Gasteiger charge is -2.13. The Morgan fingerprint density at radius 1 is 1.13 bits per heavy atom. The average molecular weight is 434 g/mol. The number of carbonyl (C=O) groups excluding carboxylic acids is 1. The molecule has 0 spiro atoms. The Hall–Kier alpha value is -3.33. The molecule has 0 heterocycles. The van der Waals surface area contributed by atoms with Gasteiger partial charge < -0.3 is 5.11 Å². The van der Waals surface area contributed by atoms with Gasteiger partial charge in [0.15, 0.2) is 0 Å². The number of hydrogen-bond acceptors (Lipinski definition) is 4. The van der Waals surface area contributed by atoms with Gasteiger partial charge in [0, 0.05) is 16.7 Å². The van der Waals surface area contributed by atoms with Crippen molar-refractivity contribution < 1.29 is 9.90 Å². The van der Waals surface area contributed by atoms with Crippen LogP contribution in [0.3, 0.4) is 0 Å². The van der Waals surface area contributed by atoms with Gasteiger partial charge in [-0.2, -0.15) is 5.10 Å². The summed E-state index contributed by atoms with van der Waals surface area (Å²) in [4.78, 5) is 14.5. The molecule has 0 fully saturated rings. The molecule has 2 N–H and O–H groups in total. The minimum Gasteiger partial charge on any atom is -0.506 e. The number of nitrogens with one attached hydrogen (secondary N) is 1. The molecule has 1 amide bonds. The standard InChI is InChI=1S/C25H24ClN3O2/c1-3-29(4-2)15-7-8-18-11-12-20(22-10-6-5-9-21(18)22)17-27-28-25(31)19-13-14-24(30)23(26)16-19/h5-6,9-14,16-17,30H,3-4,15H2,1-2H3,(H,28,31). The fourth-order valence-corrected chi connectivity index (χ4v) is 3.29. The highest BCUT2D eigenvalue weighted by Crippen LogP contribution is 2.24. The van der Waals surface area contributed by atoms with E-state index in [1.807, 2.05) is 36.4 Å². The molecule has 0 atom stereocenters. The first-order chi connectivity index (χ1) is 15.0. The first-order valence-electron chi connectivity index (χ1n) is 10.1. The number of benzene rings is 3. The Morgan fingerprint density at radius 2 is 1.87 bits per heavy atom. The predicted octanol–water partition coefficient (Wildman–Crippen LogP) is 4.66. The molecule has 31 heavy (non-hydrogen) atoms.